The summed E-state index contributed by atoms with van der Waals surface area (Å²) in [5.74, 6) is 0. The van der Waals surface area contributed by atoms with Gasteiger partial charge in [-0.2, -0.15) is 10.5 Å². The highest BCUT2D eigenvalue weighted by molar-refractivity contribution is 6.11. The van der Waals surface area contributed by atoms with Crippen LogP contribution in [-0.2, 0) is 0 Å². The summed E-state index contributed by atoms with van der Waals surface area (Å²) in [4.78, 5) is 3.75. The molecule has 5 heteroatoms. The number of benzene rings is 7. The summed E-state index contributed by atoms with van der Waals surface area (Å²) in [6, 6.07) is 55.5. The maximum atomic E-state index is 10.4. The normalized spacial score (nSPS) is 11.1. The van der Waals surface area contributed by atoms with Crippen LogP contribution in [0.2, 0.25) is 0 Å². The summed E-state index contributed by atoms with van der Waals surface area (Å²) in [6.45, 7) is 7.78. The Kier molecular flexibility index (Phi) is 6.56. The van der Waals surface area contributed by atoms with E-state index in [0.29, 0.717) is 16.8 Å². The molecule has 9 rings (SSSR count). The van der Waals surface area contributed by atoms with Crippen LogP contribution in [0.15, 0.2) is 152 Å². The molecule has 5 nitrogen and oxygen atoms in total. The van der Waals surface area contributed by atoms with Crippen molar-refractivity contribution in [3.63, 3.8) is 0 Å². The van der Waals surface area contributed by atoms with Crippen LogP contribution in [-0.4, -0.2) is 9.13 Å². The zero-order valence-electron chi connectivity index (χ0n) is 26.7. The van der Waals surface area contributed by atoms with Crippen molar-refractivity contribution in [1.29, 1.82) is 10.5 Å². The van der Waals surface area contributed by atoms with Crippen LogP contribution < -0.4 is 0 Å². The highest BCUT2D eigenvalue weighted by Crippen LogP contribution is 2.40. The molecule has 0 N–H and O–H groups in total. The number of aromatic nitrogens is 2. The number of nitriles is 2. The lowest BCUT2D eigenvalue weighted by Gasteiger charge is -2.16. The van der Waals surface area contributed by atoms with Crippen molar-refractivity contribution in [1.82, 2.24) is 9.13 Å². The Hall–Kier alpha value is -7.39. The van der Waals surface area contributed by atoms with Gasteiger partial charge in [0, 0.05) is 38.5 Å². The third kappa shape index (κ3) is 4.38. The number of hydrogen-bond acceptors (Lipinski definition) is 2. The molecule has 0 radical (unpaired) electrons. The van der Waals surface area contributed by atoms with E-state index in [0.717, 1.165) is 66.5 Å². The molecule has 0 aliphatic carbocycles. The van der Waals surface area contributed by atoms with Crippen LogP contribution in [0.25, 0.3) is 82.1 Å². The number of para-hydroxylation sites is 3. The number of hydrogen-bond donors (Lipinski definition) is 0. The molecule has 0 unspecified atom stereocenters. The minimum atomic E-state index is 0.517. The third-order valence-electron chi connectivity index (χ3n) is 9.62. The molecule has 0 atom stereocenters. The SMILES string of the molecule is [C-]#[N+]c1ccc(-c2ccc(-c3ccc(-n4c5ccccc5c5ccccc54)cc3)c(C#N)c2)c(-n2c3ccccc3c3cc(C#N)ccc32)c1. The zero-order valence-corrected chi connectivity index (χ0v) is 26.7. The number of nitrogens with zero attached hydrogens (tertiary/aromatic N) is 5. The van der Waals surface area contributed by atoms with Crippen LogP contribution in [0.1, 0.15) is 11.1 Å². The van der Waals surface area contributed by atoms with E-state index in [1.54, 1.807) is 0 Å². The first-order valence-corrected chi connectivity index (χ1v) is 16.3. The molecule has 2 aromatic heterocycles. The van der Waals surface area contributed by atoms with Crippen molar-refractivity contribution in [2.24, 2.45) is 0 Å². The standard InChI is InChI=1S/C45H25N5/c1-48-33-18-22-36(45(26-33)50-43-13-7-4-10-39(43)40-24-29(27-46)14-23-44(40)50)31-17-21-35(32(25-31)28-47)30-15-19-34(20-16-30)49-41-11-5-2-8-37(41)38-9-3-6-12-42(38)49/h2-26H. The van der Waals surface area contributed by atoms with E-state index in [-0.39, 0.29) is 0 Å². The van der Waals surface area contributed by atoms with E-state index < -0.39 is 0 Å². The molecular formula is C45H25N5. The molecule has 0 bridgehead atoms. The fraction of sp³-hybridized carbons (Fsp3) is 0. The van der Waals surface area contributed by atoms with Gasteiger partial charge >= 0.3 is 0 Å². The summed E-state index contributed by atoms with van der Waals surface area (Å²) < 4.78 is 4.44. The molecule has 0 aliphatic heterocycles. The van der Waals surface area contributed by atoms with E-state index in [4.69, 9.17) is 6.57 Å². The molecule has 0 saturated heterocycles. The van der Waals surface area contributed by atoms with E-state index in [1.165, 1.54) is 10.8 Å². The second-order valence-electron chi connectivity index (χ2n) is 12.3. The highest BCUT2D eigenvalue weighted by Gasteiger charge is 2.18. The first-order valence-electron chi connectivity index (χ1n) is 16.3. The molecule has 50 heavy (non-hydrogen) atoms. The van der Waals surface area contributed by atoms with E-state index in [2.05, 4.69) is 117 Å². The quantitative estimate of drug-likeness (QED) is 0.181. The Balaban J connectivity index is 1.17. The first kappa shape index (κ1) is 28.8. The Bertz CT molecular complexity index is 2900. The van der Waals surface area contributed by atoms with Crippen molar-refractivity contribution in [2.45, 2.75) is 0 Å². The second kappa shape index (κ2) is 11.4. The van der Waals surface area contributed by atoms with Crippen LogP contribution in [0.4, 0.5) is 5.69 Å². The largest absolute Gasteiger partial charge is 0.310 e. The van der Waals surface area contributed by atoms with Gasteiger partial charge < -0.3 is 9.13 Å². The maximum absolute atomic E-state index is 10.4. The van der Waals surface area contributed by atoms with E-state index >= 15 is 0 Å². The molecule has 9 aromatic rings. The Morgan fingerprint density at radius 2 is 1.06 bits per heavy atom. The fourth-order valence-electron chi connectivity index (χ4n) is 7.37. The van der Waals surface area contributed by atoms with Gasteiger partial charge in [0.05, 0.1) is 51.9 Å². The predicted octanol–water partition coefficient (Wildman–Crippen LogP) is 11.5. The van der Waals surface area contributed by atoms with Gasteiger partial charge in [-0.3, -0.25) is 0 Å². The average Bonchev–Trinajstić information content (AvgIpc) is 3.70. The third-order valence-corrected chi connectivity index (χ3v) is 9.62. The predicted molar refractivity (Wildman–Crippen MR) is 202 cm³/mol. The first-order chi connectivity index (χ1) is 24.7. The number of rotatable bonds is 4. The summed E-state index contributed by atoms with van der Waals surface area (Å²) in [5.41, 5.74) is 11.4. The topological polar surface area (TPSA) is 61.8 Å². The minimum Gasteiger partial charge on any atom is -0.310 e. The molecule has 0 spiro atoms. The van der Waals surface area contributed by atoms with Gasteiger partial charge in [0.15, 0.2) is 5.69 Å². The molecular weight excluding hydrogens is 611 g/mol. The Morgan fingerprint density at radius 3 is 1.70 bits per heavy atom. The molecule has 0 fully saturated rings. The van der Waals surface area contributed by atoms with Gasteiger partial charge in [-0.05, 0) is 77.4 Å². The number of fused-ring (bicyclic) bond motifs is 6. The maximum Gasteiger partial charge on any atom is 0.189 e. The lowest BCUT2D eigenvalue weighted by Crippen LogP contribution is -1.98. The van der Waals surface area contributed by atoms with Gasteiger partial charge in [0.25, 0.3) is 0 Å². The van der Waals surface area contributed by atoms with Crippen molar-refractivity contribution in [3.05, 3.63) is 174 Å². The molecule has 0 aliphatic rings. The fourth-order valence-corrected chi connectivity index (χ4v) is 7.37. The molecule has 0 saturated carbocycles. The smallest absolute Gasteiger partial charge is 0.189 e. The van der Waals surface area contributed by atoms with Gasteiger partial charge in [0.2, 0.25) is 0 Å². The summed E-state index contributed by atoms with van der Waals surface area (Å²) >= 11 is 0. The van der Waals surface area contributed by atoms with Crippen molar-refractivity contribution in [3.8, 4) is 45.8 Å². The van der Waals surface area contributed by atoms with Crippen LogP contribution in [0.5, 0.6) is 0 Å². The lowest BCUT2D eigenvalue weighted by atomic mass is 9.94. The van der Waals surface area contributed by atoms with Gasteiger partial charge in [0.1, 0.15) is 0 Å². The van der Waals surface area contributed by atoms with Crippen molar-refractivity contribution >= 4 is 49.3 Å². The molecule has 230 valence electrons. The molecule has 0 amide bonds. The Labute approximate surface area is 288 Å². The second-order valence-corrected chi connectivity index (χ2v) is 12.3. The molecule has 7 aromatic carbocycles. The van der Waals surface area contributed by atoms with Crippen LogP contribution in [0, 0.1) is 29.2 Å². The van der Waals surface area contributed by atoms with Gasteiger partial charge in [-0.1, -0.05) is 91.0 Å². The minimum absolute atomic E-state index is 0.517. The van der Waals surface area contributed by atoms with Crippen LogP contribution >= 0.6 is 0 Å². The highest BCUT2D eigenvalue weighted by atomic mass is 15.0. The Morgan fingerprint density at radius 1 is 0.480 bits per heavy atom. The summed E-state index contributed by atoms with van der Waals surface area (Å²) in [6.07, 6.45) is 0. The lowest BCUT2D eigenvalue weighted by molar-refractivity contribution is 1.18. The summed E-state index contributed by atoms with van der Waals surface area (Å²) in [5, 5.41) is 24.5. The van der Waals surface area contributed by atoms with E-state index in [9.17, 15) is 10.5 Å². The zero-order chi connectivity index (χ0) is 33.8. The monoisotopic (exact) mass is 635 g/mol. The van der Waals surface area contributed by atoms with Gasteiger partial charge in [-0.15, -0.1) is 0 Å². The van der Waals surface area contributed by atoms with Crippen molar-refractivity contribution < 1.29 is 0 Å². The van der Waals surface area contributed by atoms with Gasteiger partial charge in [-0.25, -0.2) is 4.85 Å². The van der Waals surface area contributed by atoms with Crippen LogP contribution in [0.3, 0.4) is 0 Å². The summed E-state index contributed by atoms with van der Waals surface area (Å²) in [7, 11) is 0. The molecule has 2 heterocycles. The van der Waals surface area contributed by atoms with Crippen molar-refractivity contribution in [2.75, 3.05) is 0 Å². The average molecular weight is 636 g/mol. The van der Waals surface area contributed by atoms with E-state index in [1.807, 2.05) is 60.7 Å².